The predicted octanol–water partition coefficient (Wildman–Crippen LogP) is -0.586. The Kier molecular flexibility index (Phi) is 14.2. The molecule has 14 heteroatoms. The standard InChI is InChI=1S/C28H36N4O10/c33-25-17-39-21-1-2-22(4-3-21)40-18-26(34)30-10-14-38-16-12-32-28(36)20-42-24-7-5-23(6-8-24)41-19-27(35)31-11-15-37-13-9-29-25/h1-8H,9-20H2,(H,29,33)(H,30,34)(H,31,35)(H,32,36). The van der Waals surface area contributed by atoms with Gasteiger partial charge in [0.1, 0.15) is 23.0 Å². The average molecular weight is 589 g/mol. The highest BCUT2D eigenvalue weighted by molar-refractivity contribution is 5.78. The molecule has 42 heavy (non-hydrogen) atoms. The van der Waals surface area contributed by atoms with Crippen molar-refractivity contribution in [2.24, 2.45) is 0 Å². The number of ether oxygens (including phenoxy) is 6. The molecule has 4 N–H and O–H groups in total. The Hall–Kier alpha value is -4.56. The molecule has 0 atom stereocenters. The van der Waals surface area contributed by atoms with E-state index < -0.39 is 0 Å². The maximum absolute atomic E-state index is 12.0. The van der Waals surface area contributed by atoms with Gasteiger partial charge in [-0.15, -0.1) is 0 Å². The number of benzene rings is 2. The van der Waals surface area contributed by atoms with Crippen molar-refractivity contribution in [3.05, 3.63) is 48.5 Å². The molecule has 2 aromatic carbocycles. The summed E-state index contributed by atoms with van der Waals surface area (Å²) in [5.41, 5.74) is 0. The first kappa shape index (κ1) is 32.0. The monoisotopic (exact) mass is 588 g/mol. The van der Waals surface area contributed by atoms with E-state index in [0.717, 1.165) is 0 Å². The molecule has 4 heterocycles. The van der Waals surface area contributed by atoms with Gasteiger partial charge in [-0.2, -0.15) is 0 Å². The molecule has 14 nitrogen and oxygen atoms in total. The highest BCUT2D eigenvalue weighted by Crippen LogP contribution is 2.18. The molecule has 0 spiro atoms. The van der Waals surface area contributed by atoms with Gasteiger partial charge in [-0.05, 0) is 48.5 Å². The number of carbonyl (C=O) groups excluding carboxylic acids is 4. The molecular weight excluding hydrogens is 552 g/mol. The summed E-state index contributed by atoms with van der Waals surface area (Å²) in [5.74, 6) is 0.609. The molecule has 0 unspecified atom stereocenters. The second-order valence-corrected chi connectivity index (χ2v) is 8.72. The van der Waals surface area contributed by atoms with Crippen LogP contribution in [0.4, 0.5) is 0 Å². The third-order valence-corrected chi connectivity index (χ3v) is 5.40. The van der Waals surface area contributed by atoms with E-state index in [4.69, 9.17) is 28.4 Å². The summed E-state index contributed by atoms with van der Waals surface area (Å²) in [4.78, 5) is 47.9. The van der Waals surface area contributed by atoms with Crippen LogP contribution in [0.2, 0.25) is 0 Å². The molecule has 6 rings (SSSR count). The lowest BCUT2D eigenvalue weighted by atomic mass is 10.3. The van der Waals surface area contributed by atoms with E-state index in [2.05, 4.69) is 21.3 Å². The van der Waals surface area contributed by atoms with E-state index in [-0.39, 0.29) is 103 Å². The maximum Gasteiger partial charge on any atom is 0.258 e. The minimum Gasteiger partial charge on any atom is -0.484 e. The third-order valence-electron chi connectivity index (χ3n) is 5.40. The van der Waals surface area contributed by atoms with E-state index in [1.54, 1.807) is 48.5 Å². The van der Waals surface area contributed by atoms with Crippen LogP contribution in [0.25, 0.3) is 0 Å². The summed E-state index contributed by atoms with van der Waals surface area (Å²) in [7, 11) is 0. The smallest absolute Gasteiger partial charge is 0.258 e. The van der Waals surface area contributed by atoms with Gasteiger partial charge in [-0.3, -0.25) is 19.2 Å². The number of hydrogen-bond acceptors (Lipinski definition) is 10. The minimum atomic E-state index is -0.313. The first-order valence-corrected chi connectivity index (χ1v) is 13.4. The Bertz CT molecular complexity index is 953. The highest BCUT2D eigenvalue weighted by Gasteiger charge is 2.07. The zero-order valence-corrected chi connectivity index (χ0v) is 23.2. The van der Waals surface area contributed by atoms with Gasteiger partial charge < -0.3 is 49.7 Å². The lowest BCUT2D eigenvalue weighted by Crippen LogP contribution is -2.34. The summed E-state index contributed by atoms with van der Waals surface area (Å²) in [5, 5.41) is 10.7. The van der Waals surface area contributed by atoms with Crippen LogP contribution in [0, 0.1) is 0 Å². The van der Waals surface area contributed by atoms with E-state index in [1.807, 2.05) is 0 Å². The normalized spacial score (nSPS) is 17.9. The number of rotatable bonds is 0. The maximum atomic E-state index is 12.0. The Morgan fingerprint density at radius 2 is 0.595 bits per heavy atom. The molecule has 0 radical (unpaired) electrons. The van der Waals surface area contributed by atoms with Crippen LogP contribution in [0.15, 0.2) is 48.5 Å². The SMILES string of the molecule is O=C1COc2ccc(cc2)OCC(=O)NCCOCCNC(=O)COc2ccc(cc2)OCC(=O)NCCOCCN1. The largest absolute Gasteiger partial charge is 0.484 e. The lowest BCUT2D eigenvalue weighted by Gasteiger charge is -2.11. The van der Waals surface area contributed by atoms with E-state index in [1.165, 1.54) is 0 Å². The van der Waals surface area contributed by atoms with E-state index in [9.17, 15) is 19.2 Å². The summed E-state index contributed by atoms with van der Waals surface area (Å²) >= 11 is 0. The molecule has 0 aromatic heterocycles. The van der Waals surface area contributed by atoms with Crippen molar-refractivity contribution in [1.29, 1.82) is 0 Å². The van der Waals surface area contributed by atoms with E-state index >= 15 is 0 Å². The Balaban J connectivity index is 1.43. The summed E-state index contributed by atoms with van der Waals surface area (Å²) in [6, 6.07) is 13.0. The van der Waals surface area contributed by atoms with Crippen LogP contribution in [-0.4, -0.2) is 103 Å². The summed E-state index contributed by atoms with van der Waals surface area (Å²) in [6.45, 7) is 1.48. The molecule has 0 aliphatic carbocycles. The van der Waals surface area contributed by atoms with Crippen LogP contribution in [-0.2, 0) is 28.7 Å². The topological polar surface area (TPSA) is 172 Å². The van der Waals surface area contributed by atoms with Gasteiger partial charge >= 0.3 is 0 Å². The molecule has 4 bridgehead atoms. The highest BCUT2D eigenvalue weighted by atomic mass is 16.5. The summed E-state index contributed by atoms with van der Waals surface area (Å²) < 4.78 is 32.6. The fourth-order valence-corrected chi connectivity index (χ4v) is 3.32. The van der Waals surface area contributed by atoms with Crippen LogP contribution in [0.1, 0.15) is 0 Å². The van der Waals surface area contributed by atoms with Crippen molar-refractivity contribution in [2.75, 3.05) is 79.0 Å². The van der Waals surface area contributed by atoms with Crippen LogP contribution in [0.3, 0.4) is 0 Å². The fourth-order valence-electron chi connectivity index (χ4n) is 3.32. The van der Waals surface area contributed by atoms with Gasteiger partial charge in [-0.1, -0.05) is 0 Å². The Morgan fingerprint density at radius 3 is 0.810 bits per heavy atom. The number of amides is 4. The van der Waals surface area contributed by atoms with Gasteiger partial charge in [0.15, 0.2) is 26.4 Å². The second-order valence-electron chi connectivity index (χ2n) is 8.72. The van der Waals surface area contributed by atoms with Crippen molar-refractivity contribution >= 4 is 23.6 Å². The van der Waals surface area contributed by atoms with Crippen molar-refractivity contribution < 1.29 is 47.6 Å². The quantitative estimate of drug-likeness (QED) is 0.312. The van der Waals surface area contributed by atoms with Gasteiger partial charge in [0.05, 0.1) is 26.4 Å². The van der Waals surface area contributed by atoms with Crippen LogP contribution < -0.4 is 40.2 Å². The van der Waals surface area contributed by atoms with Gasteiger partial charge in [0.2, 0.25) is 0 Å². The molecule has 4 aliphatic heterocycles. The first-order chi connectivity index (χ1) is 20.5. The zero-order chi connectivity index (χ0) is 29.8. The minimum absolute atomic E-state index is 0.178. The first-order valence-electron chi connectivity index (χ1n) is 13.4. The molecule has 0 saturated heterocycles. The van der Waals surface area contributed by atoms with Crippen molar-refractivity contribution in [1.82, 2.24) is 21.3 Å². The number of nitrogens with one attached hydrogen (secondary N) is 4. The van der Waals surface area contributed by atoms with Crippen molar-refractivity contribution in [3.63, 3.8) is 0 Å². The molecule has 0 saturated carbocycles. The molecule has 228 valence electrons. The Labute approximate surface area is 243 Å². The zero-order valence-electron chi connectivity index (χ0n) is 23.2. The van der Waals surface area contributed by atoms with Crippen LogP contribution >= 0.6 is 0 Å². The van der Waals surface area contributed by atoms with Gasteiger partial charge in [-0.25, -0.2) is 0 Å². The van der Waals surface area contributed by atoms with Crippen LogP contribution in [0.5, 0.6) is 23.0 Å². The summed E-state index contributed by atoms with van der Waals surface area (Å²) in [6.07, 6.45) is 0. The Morgan fingerprint density at radius 1 is 0.381 bits per heavy atom. The predicted molar refractivity (Wildman–Crippen MR) is 149 cm³/mol. The van der Waals surface area contributed by atoms with Crippen molar-refractivity contribution in [2.45, 2.75) is 0 Å². The lowest BCUT2D eigenvalue weighted by molar-refractivity contribution is -0.124. The number of carbonyl (C=O) groups is 4. The third kappa shape index (κ3) is 13.7. The van der Waals surface area contributed by atoms with Gasteiger partial charge in [0.25, 0.3) is 23.6 Å². The second kappa shape index (κ2) is 18.7. The van der Waals surface area contributed by atoms with Crippen molar-refractivity contribution in [3.8, 4) is 23.0 Å². The molecule has 4 aliphatic rings. The average Bonchev–Trinajstić information content (AvgIpc) is 3.00. The van der Waals surface area contributed by atoms with Gasteiger partial charge in [0, 0.05) is 26.2 Å². The molecule has 2 aromatic rings. The molecule has 4 amide bonds. The van der Waals surface area contributed by atoms with E-state index in [0.29, 0.717) is 23.0 Å². The fraction of sp³-hybridized carbons (Fsp3) is 0.429. The molecular formula is C28H36N4O10. The molecule has 0 fully saturated rings. The number of hydrogen-bond donors (Lipinski definition) is 4.